The summed E-state index contributed by atoms with van der Waals surface area (Å²) < 4.78 is 0. The first kappa shape index (κ1) is 14.6. The van der Waals surface area contributed by atoms with Crippen molar-refractivity contribution in [2.75, 3.05) is 0 Å². The maximum atomic E-state index is 11.3. The van der Waals surface area contributed by atoms with Crippen LogP contribution in [0.5, 0.6) is 0 Å². The van der Waals surface area contributed by atoms with Gasteiger partial charge in [-0.3, -0.25) is 4.79 Å². The van der Waals surface area contributed by atoms with Gasteiger partial charge in [0.15, 0.2) is 0 Å². The zero-order valence-corrected chi connectivity index (χ0v) is 13.0. The van der Waals surface area contributed by atoms with Crippen LogP contribution in [-0.2, 0) is 11.2 Å². The molecule has 0 radical (unpaired) electrons. The minimum Gasteiger partial charge on any atom is -0.481 e. The van der Waals surface area contributed by atoms with E-state index in [1.54, 1.807) is 0 Å². The van der Waals surface area contributed by atoms with E-state index in [1.807, 2.05) is 6.07 Å². The predicted molar refractivity (Wildman–Crippen MR) is 85.8 cm³/mol. The number of rotatable bonds is 2. The number of halogens is 1. The minimum atomic E-state index is -0.736. The van der Waals surface area contributed by atoms with Gasteiger partial charge in [0, 0.05) is 5.02 Å². The molecule has 2 aliphatic carbocycles. The van der Waals surface area contributed by atoms with Gasteiger partial charge >= 0.3 is 5.97 Å². The molecule has 0 saturated heterocycles. The predicted octanol–water partition coefficient (Wildman–Crippen LogP) is 5.19. The highest BCUT2D eigenvalue weighted by atomic mass is 35.5. The second-order valence-electron chi connectivity index (χ2n) is 6.22. The van der Waals surface area contributed by atoms with Crippen LogP contribution in [0.1, 0.15) is 67.6 Å². The Bertz CT molecular complexity index is 579. The zero-order chi connectivity index (χ0) is 14.8. The van der Waals surface area contributed by atoms with Crippen LogP contribution < -0.4 is 0 Å². The average molecular weight is 305 g/mol. The van der Waals surface area contributed by atoms with E-state index in [4.69, 9.17) is 11.6 Å². The molecule has 1 saturated carbocycles. The minimum absolute atomic E-state index is 0.378. The number of carboxylic acids is 1. The summed E-state index contributed by atoms with van der Waals surface area (Å²) in [6.45, 7) is 0. The summed E-state index contributed by atoms with van der Waals surface area (Å²) >= 11 is 6.40. The maximum Gasteiger partial charge on any atom is 0.310 e. The molecular weight excluding hydrogens is 284 g/mol. The molecule has 2 aliphatic rings. The van der Waals surface area contributed by atoms with Crippen molar-refractivity contribution in [1.82, 2.24) is 0 Å². The summed E-state index contributed by atoms with van der Waals surface area (Å²) in [5.74, 6) is -1.11. The Hall–Kier alpha value is -1.28. The quantitative estimate of drug-likeness (QED) is 0.763. The third-order valence-electron chi connectivity index (χ3n) is 4.74. The van der Waals surface area contributed by atoms with Gasteiger partial charge in [-0.15, -0.1) is 0 Å². The van der Waals surface area contributed by atoms with Crippen molar-refractivity contribution < 1.29 is 9.90 Å². The number of aliphatic carboxylic acids is 1. The van der Waals surface area contributed by atoms with Crippen molar-refractivity contribution >= 4 is 23.6 Å². The molecule has 3 heteroatoms. The number of fused-ring (bicyclic) bond motifs is 1. The highest BCUT2D eigenvalue weighted by Gasteiger charge is 2.29. The van der Waals surface area contributed by atoms with Crippen molar-refractivity contribution in [3.05, 3.63) is 39.4 Å². The Morgan fingerprint density at radius 2 is 1.86 bits per heavy atom. The first-order valence-electron chi connectivity index (χ1n) is 7.90. The van der Waals surface area contributed by atoms with Gasteiger partial charge in [-0.05, 0) is 67.3 Å². The Balaban J connectivity index is 1.91. The van der Waals surface area contributed by atoms with Gasteiger partial charge in [-0.2, -0.15) is 0 Å². The van der Waals surface area contributed by atoms with Crippen molar-refractivity contribution in [2.24, 2.45) is 0 Å². The van der Waals surface area contributed by atoms with Gasteiger partial charge in [0.25, 0.3) is 0 Å². The molecule has 3 rings (SSSR count). The number of hydrogen-bond acceptors (Lipinski definition) is 1. The molecule has 1 aromatic carbocycles. The molecule has 1 aromatic rings. The lowest BCUT2D eigenvalue weighted by molar-refractivity contribution is -0.138. The largest absolute Gasteiger partial charge is 0.481 e. The van der Waals surface area contributed by atoms with Crippen LogP contribution in [-0.4, -0.2) is 11.1 Å². The van der Waals surface area contributed by atoms with Crippen molar-refractivity contribution in [1.29, 1.82) is 0 Å². The molecule has 1 N–H and O–H groups in total. The molecule has 2 nitrogen and oxygen atoms in total. The van der Waals surface area contributed by atoms with E-state index in [-0.39, 0.29) is 5.92 Å². The van der Waals surface area contributed by atoms with Gasteiger partial charge in [0.05, 0.1) is 5.92 Å². The Kier molecular flexibility index (Phi) is 4.34. The fourth-order valence-electron chi connectivity index (χ4n) is 3.56. The maximum absolute atomic E-state index is 11.3. The molecule has 1 atom stereocenters. The van der Waals surface area contributed by atoms with Crippen LogP contribution in [0, 0.1) is 0 Å². The van der Waals surface area contributed by atoms with Crippen LogP contribution in [0.2, 0.25) is 5.02 Å². The standard InChI is InChI=1S/C18H21ClO2/c19-17-11-16-13(7-8-15(16)18(20)21)10-14(17)9-12-5-3-1-2-4-6-12/h9-11,15H,1-8H2,(H,20,21). The van der Waals surface area contributed by atoms with Crippen LogP contribution in [0.4, 0.5) is 0 Å². The number of allylic oxidation sites excluding steroid dienone is 1. The van der Waals surface area contributed by atoms with Gasteiger partial charge in [-0.25, -0.2) is 0 Å². The van der Waals surface area contributed by atoms with Gasteiger partial charge in [0.2, 0.25) is 0 Å². The lowest BCUT2D eigenvalue weighted by Crippen LogP contribution is -2.07. The normalized spacial score (nSPS) is 21.8. The lowest BCUT2D eigenvalue weighted by Gasteiger charge is -2.10. The number of hydrogen-bond donors (Lipinski definition) is 1. The first-order valence-corrected chi connectivity index (χ1v) is 8.27. The second-order valence-corrected chi connectivity index (χ2v) is 6.63. The van der Waals surface area contributed by atoms with Crippen molar-refractivity contribution in [3.63, 3.8) is 0 Å². The highest BCUT2D eigenvalue weighted by molar-refractivity contribution is 6.32. The average Bonchev–Trinajstić information content (AvgIpc) is 2.68. The summed E-state index contributed by atoms with van der Waals surface area (Å²) in [5.41, 5.74) is 4.63. The lowest BCUT2D eigenvalue weighted by atomic mass is 9.98. The molecule has 0 amide bonds. The molecule has 0 aliphatic heterocycles. The summed E-state index contributed by atoms with van der Waals surface area (Å²) in [6.07, 6.45) is 11.3. The third-order valence-corrected chi connectivity index (χ3v) is 5.07. The molecule has 0 aromatic heterocycles. The second kappa shape index (κ2) is 6.23. The van der Waals surface area contributed by atoms with Crippen molar-refractivity contribution in [2.45, 2.75) is 57.3 Å². The molecule has 0 bridgehead atoms. The van der Waals surface area contributed by atoms with Crippen LogP contribution in [0.3, 0.4) is 0 Å². The Morgan fingerprint density at radius 3 is 2.52 bits per heavy atom. The Labute approximate surface area is 130 Å². The van der Waals surface area contributed by atoms with E-state index in [2.05, 4.69) is 12.1 Å². The number of carbonyl (C=O) groups is 1. The fourth-order valence-corrected chi connectivity index (χ4v) is 3.79. The number of aryl methyl sites for hydroxylation is 1. The van der Waals surface area contributed by atoms with E-state index in [1.165, 1.54) is 44.1 Å². The van der Waals surface area contributed by atoms with Crippen LogP contribution >= 0.6 is 11.6 Å². The molecule has 112 valence electrons. The van der Waals surface area contributed by atoms with Gasteiger partial charge < -0.3 is 5.11 Å². The molecule has 21 heavy (non-hydrogen) atoms. The zero-order valence-electron chi connectivity index (χ0n) is 12.2. The molecule has 1 unspecified atom stereocenters. The molecular formula is C18H21ClO2. The third kappa shape index (κ3) is 3.16. The van der Waals surface area contributed by atoms with Gasteiger partial charge in [-0.1, -0.05) is 36.1 Å². The summed E-state index contributed by atoms with van der Waals surface area (Å²) in [6, 6.07) is 3.99. The summed E-state index contributed by atoms with van der Waals surface area (Å²) in [5, 5.41) is 9.95. The van der Waals surface area contributed by atoms with Gasteiger partial charge in [0.1, 0.15) is 0 Å². The van der Waals surface area contributed by atoms with E-state index in [9.17, 15) is 9.90 Å². The highest BCUT2D eigenvalue weighted by Crippen LogP contribution is 2.37. The fraction of sp³-hybridized carbons (Fsp3) is 0.500. The summed E-state index contributed by atoms with van der Waals surface area (Å²) in [4.78, 5) is 11.3. The Morgan fingerprint density at radius 1 is 1.14 bits per heavy atom. The number of benzene rings is 1. The molecule has 0 heterocycles. The number of carboxylic acid groups (broad SMARTS) is 1. The topological polar surface area (TPSA) is 37.3 Å². The monoisotopic (exact) mass is 304 g/mol. The van der Waals surface area contributed by atoms with E-state index in [0.717, 1.165) is 23.1 Å². The molecule has 0 spiro atoms. The molecule has 1 fully saturated rings. The van der Waals surface area contributed by atoms with E-state index >= 15 is 0 Å². The van der Waals surface area contributed by atoms with Crippen LogP contribution in [0.25, 0.3) is 6.08 Å². The van der Waals surface area contributed by atoms with E-state index < -0.39 is 5.97 Å². The van der Waals surface area contributed by atoms with Crippen LogP contribution in [0.15, 0.2) is 17.7 Å². The smallest absolute Gasteiger partial charge is 0.310 e. The first-order chi connectivity index (χ1) is 10.1. The summed E-state index contributed by atoms with van der Waals surface area (Å²) in [7, 11) is 0. The van der Waals surface area contributed by atoms with Crippen molar-refractivity contribution in [3.8, 4) is 0 Å². The SMILES string of the molecule is O=C(O)C1CCc2cc(C=C3CCCCCC3)c(Cl)cc21. The van der Waals surface area contributed by atoms with E-state index in [0.29, 0.717) is 11.4 Å².